The Labute approximate surface area is 164 Å². The number of halogens is 4. The van der Waals surface area contributed by atoms with Gasteiger partial charge in [0, 0.05) is 13.1 Å². The van der Waals surface area contributed by atoms with Crippen molar-refractivity contribution in [2.45, 2.75) is 12.9 Å². The number of para-hydroxylation sites is 2. The Morgan fingerprint density at radius 1 is 1.17 bits per heavy atom. The highest BCUT2D eigenvalue weighted by Crippen LogP contribution is 2.29. The lowest BCUT2D eigenvalue weighted by Crippen LogP contribution is -2.36. The molecule has 1 heterocycles. The highest BCUT2D eigenvalue weighted by Gasteiger charge is 2.32. The zero-order valence-corrected chi connectivity index (χ0v) is 15.4. The van der Waals surface area contributed by atoms with Gasteiger partial charge in [-0.1, -0.05) is 18.2 Å². The molecule has 2 aromatic rings. The fraction of sp³-hybridized carbons (Fsp3) is 0.316. The van der Waals surface area contributed by atoms with Gasteiger partial charge in [-0.2, -0.15) is 0 Å². The second-order valence-corrected chi connectivity index (χ2v) is 6.26. The van der Waals surface area contributed by atoms with Crippen molar-refractivity contribution in [3.63, 3.8) is 0 Å². The van der Waals surface area contributed by atoms with E-state index in [2.05, 4.69) is 15.0 Å². The third-order valence-electron chi connectivity index (χ3n) is 4.17. The van der Waals surface area contributed by atoms with Gasteiger partial charge in [0.15, 0.2) is 11.7 Å². The summed E-state index contributed by atoms with van der Waals surface area (Å²) in [6.07, 6.45) is -4.83. The van der Waals surface area contributed by atoms with Gasteiger partial charge in [-0.15, -0.1) is 13.2 Å². The van der Waals surface area contributed by atoms with Crippen LogP contribution in [0.4, 0.5) is 28.9 Å². The number of alkyl halides is 3. The Morgan fingerprint density at radius 3 is 2.59 bits per heavy atom. The lowest BCUT2D eigenvalue weighted by Gasteiger charge is -2.29. The lowest BCUT2D eigenvalue weighted by molar-refractivity contribution is -0.274. The molecular weight excluding hydrogens is 392 g/mol. The molecule has 3 rings (SSSR count). The maximum Gasteiger partial charge on any atom is 0.573 e. The van der Waals surface area contributed by atoms with Crippen LogP contribution in [-0.4, -0.2) is 38.6 Å². The molecule has 1 saturated heterocycles. The third kappa shape index (κ3) is 5.98. The summed E-state index contributed by atoms with van der Waals surface area (Å²) in [5, 5.41) is 2.57. The highest BCUT2D eigenvalue weighted by atomic mass is 19.4. The van der Waals surface area contributed by atoms with E-state index in [-0.39, 0.29) is 24.0 Å². The van der Waals surface area contributed by atoms with Gasteiger partial charge in [0.05, 0.1) is 31.1 Å². The van der Waals surface area contributed by atoms with Crippen LogP contribution in [0.5, 0.6) is 5.75 Å². The van der Waals surface area contributed by atoms with Crippen molar-refractivity contribution in [3.8, 4) is 5.75 Å². The number of morpholine rings is 1. The molecule has 29 heavy (non-hydrogen) atoms. The average molecular weight is 412 g/mol. The van der Waals surface area contributed by atoms with Crippen LogP contribution in [0, 0.1) is 5.82 Å². The smallest absolute Gasteiger partial charge is 0.404 e. The summed E-state index contributed by atoms with van der Waals surface area (Å²) in [5.41, 5.74) is 6.84. The molecule has 1 aliphatic heterocycles. The summed E-state index contributed by atoms with van der Waals surface area (Å²) < 4.78 is 61.0. The molecule has 1 aliphatic rings. The Balaban J connectivity index is 1.65. The largest absolute Gasteiger partial charge is 0.573 e. The lowest BCUT2D eigenvalue weighted by atomic mass is 10.1. The molecule has 0 atom stereocenters. The minimum atomic E-state index is -4.83. The Morgan fingerprint density at radius 2 is 1.90 bits per heavy atom. The van der Waals surface area contributed by atoms with Crippen molar-refractivity contribution >= 4 is 17.3 Å². The molecule has 0 radical (unpaired) electrons. The first-order valence-electron chi connectivity index (χ1n) is 8.85. The summed E-state index contributed by atoms with van der Waals surface area (Å²) in [6.45, 7) is 2.39. The molecule has 0 saturated carbocycles. The number of aliphatic imine (C=N–C) groups is 1. The molecule has 0 bridgehead atoms. The maximum atomic E-state index is 14.4. The molecular formula is C19H20F4N4O2. The van der Waals surface area contributed by atoms with Crippen LogP contribution in [-0.2, 0) is 11.3 Å². The van der Waals surface area contributed by atoms with E-state index >= 15 is 0 Å². The quantitative estimate of drug-likeness (QED) is 0.447. The van der Waals surface area contributed by atoms with E-state index in [1.165, 1.54) is 24.3 Å². The molecule has 0 amide bonds. The van der Waals surface area contributed by atoms with Gasteiger partial charge in [0.2, 0.25) is 0 Å². The van der Waals surface area contributed by atoms with Crippen molar-refractivity contribution in [1.29, 1.82) is 0 Å². The first kappa shape index (κ1) is 20.7. The molecule has 0 aliphatic carbocycles. The Kier molecular flexibility index (Phi) is 6.42. The number of ether oxygens (including phenoxy) is 2. The van der Waals surface area contributed by atoms with E-state index in [1.807, 2.05) is 4.90 Å². The maximum absolute atomic E-state index is 14.4. The van der Waals surface area contributed by atoms with E-state index in [1.54, 1.807) is 12.1 Å². The normalized spacial score (nSPS) is 15.3. The molecule has 6 nitrogen and oxygen atoms in total. The zero-order valence-electron chi connectivity index (χ0n) is 15.4. The van der Waals surface area contributed by atoms with Gasteiger partial charge in [0.25, 0.3) is 0 Å². The topological polar surface area (TPSA) is 72.1 Å². The van der Waals surface area contributed by atoms with E-state index in [0.717, 1.165) is 6.07 Å². The van der Waals surface area contributed by atoms with Gasteiger partial charge in [0.1, 0.15) is 5.82 Å². The van der Waals surface area contributed by atoms with Crippen LogP contribution in [0.15, 0.2) is 47.5 Å². The summed E-state index contributed by atoms with van der Waals surface area (Å²) in [6, 6.07) is 10.2. The van der Waals surface area contributed by atoms with Gasteiger partial charge in [-0.25, -0.2) is 9.38 Å². The number of hydrogen-bond acceptors (Lipinski definition) is 4. The molecule has 10 heteroatoms. The van der Waals surface area contributed by atoms with Gasteiger partial charge in [-0.05, 0) is 29.8 Å². The molecule has 1 fully saturated rings. The summed E-state index contributed by atoms with van der Waals surface area (Å²) >= 11 is 0. The van der Waals surface area contributed by atoms with Crippen molar-refractivity contribution in [1.82, 2.24) is 0 Å². The number of nitrogens with one attached hydrogen (secondary N) is 1. The van der Waals surface area contributed by atoms with Crippen LogP contribution in [0.1, 0.15) is 5.56 Å². The first-order valence-corrected chi connectivity index (χ1v) is 8.85. The number of guanidine groups is 1. The first-order chi connectivity index (χ1) is 13.8. The van der Waals surface area contributed by atoms with Crippen LogP contribution >= 0.6 is 0 Å². The predicted molar refractivity (Wildman–Crippen MR) is 102 cm³/mol. The van der Waals surface area contributed by atoms with Crippen LogP contribution in [0.25, 0.3) is 0 Å². The van der Waals surface area contributed by atoms with E-state index in [9.17, 15) is 17.6 Å². The van der Waals surface area contributed by atoms with Crippen LogP contribution < -0.4 is 20.7 Å². The van der Waals surface area contributed by atoms with Crippen molar-refractivity contribution in [2.75, 3.05) is 36.5 Å². The fourth-order valence-corrected chi connectivity index (χ4v) is 2.85. The van der Waals surface area contributed by atoms with E-state index in [4.69, 9.17) is 10.5 Å². The van der Waals surface area contributed by atoms with Crippen molar-refractivity contribution in [2.24, 2.45) is 10.7 Å². The monoisotopic (exact) mass is 412 g/mol. The fourth-order valence-electron chi connectivity index (χ4n) is 2.85. The molecule has 0 unspecified atom stereocenters. The molecule has 2 aromatic carbocycles. The average Bonchev–Trinajstić information content (AvgIpc) is 2.67. The minimum absolute atomic E-state index is 0.0138. The zero-order chi connectivity index (χ0) is 20.9. The Bertz CT molecular complexity index is 868. The SMILES string of the molecule is NC(=NCc1ccc(N2CCOCC2)c(F)c1)Nc1ccccc1OC(F)(F)F. The summed E-state index contributed by atoms with van der Waals surface area (Å²) in [5.74, 6) is -0.935. The van der Waals surface area contributed by atoms with Crippen LogP contribution in [0.2, 0.25) is 0 Å². The standard InChI is InChI=1S/C19H20F4N4O2/c20-14-11-13(5-6-16(14)27-7-9-28-10-8-27)12-25-18(24)26-15-3-1-2-4-17(15)29-19(21,22)23/h1-6,11H,7-10,12H2,(H3,24,25,26). The number of hydrogen-bond donors (Lipinski definition) is 2. The van der Waals surface area contributed by atoms with Crippen molar-refractivity contribution < 1.29 is 27.0 Å². The number of benzene rings is 2. The summed E-state index contributed by atoms with van der Waals surface area (Å²) in [4.78, 5) is 5.96. The summed E-state index contributed by atoms with van der Waals surface area (Å²) in [7, 11) is 0. The molecule has 3 N–H and O–H groups in total. The van der Waals surface area contributed by atoms with Crippen molar-refractivity contribution in [3.05, 3.63) is 53.8 Å². The van der Waals surface area contributed by atoms with Gasteiger partial charge in [-0.3, -0.25) is 0 Å². The molecule has 0 spiro atoms. The number of rotatable bonds is 5. The highest BCUT2D eigenvalue weighted by molar-refractivity contribution is 5.93. The predicted octanol–water partition coefficient (Wildman–Crippen LogP) is 3.49. The second kappa shape index (κ2) is 8.99. The Hall–Kier alpha value is -3.01. The second-order valence-electron chi connectivity index (χ2n) is 6.26. The third-order valence-corrected chi connectivity index (χ3v) is 4.17. The van der Waals surface area contributed by atoms with Gasteiger partial charge >= 0.3 is 6.36 Å². The molecule has 156 valence electrons. The van der Waals surface area contributed by atoms with E-state index in [0.29, 0.717) is 37.6 Å². The minimum Gasteiger partial charge on any atom is -0.404 e. The number of anilines is 2. The van der Waals surface area contributed by atoms with Crippen LogP contribution in [0.3, 0.4) is 0 Å². The van der Waals surface area contributed by atoms with E-state index < -0.39 is 12.1 Å². The molecule has 0 aromatic heterocycles. The van der Waals surface area contributed by atoms with Gasteiger partial charge < -0.3 is 25.4 Å². The number of nitrogens with two attached hydrogens (primary N) is 1. The number of nitrogens with zero attached hydrogens (tertiary/aromatic N) is 2.